The van der Waals surface area contributed by atoms with Gasteiger partial charge in [-0.15, -0.1) is 0 Å². The lowest BCUT2D eigenvalue weighted by molar-refractivity contribution is -0.162. The molecule has 3 aliphatic heterocycles. The van der Waals surface area contributed by atoms with Crippen molar-refractivity contribution in [2.75, 3.05) is 19.6 Å². The summed E-state index contributed by atoms with van der Waals surface area (Å²) in [5.74, 6) is -2.06. The van der Waals surface area contributed by atoms with Gasteiger partial charge in [-0.25, -0.2) is 4.79 Å². The van der Waals surface area contributed by atoms with Crippen LogP contribution in [0.5, 0.6) is 0 Å². The van der Waals surface area contributed by atoms with E-state index in [2.05, 4.69) is 9.90 Å². The Morgan fingerprint density at radius 3 is 2.78 bits per heavy atom. The molecular weight excluding hydrogens is 370 g/mol. The molecule has 0 spiro atoms. The first-order chi connectivity index (χ1) is 12.8. The first kappa shape index (κ1) is 20.3. The monoisotopic (exact) mass is 394 g/mol. The quantitative estimate of drug-likeness (QED) is 0.276. The second kappa shape index (κ2) is 7.87. The van der Waals surface area contributed by atoms with Crippen LogP contribution >= 0.6 is 8.96 Å². The summed E-state index contributed by atoms with van der Waals surface area (Å²) >= 11 is 0. The fourth-order valence-corrected chi connectivity index (χ4v) is 4.66. The number of rotatable bonds is 7. The van der Waals surface area contributed by atoms with Gasteiger partial charge in [-0.05, 0) is 25.5 Å². The number of likely N-dealkylation sites (tertiary alicyclic amines) is 1. The number of hydrogen-bond donors (Lipinski definition) is 3. The number of fused-ring (bicyclic) bond motifs is 1. The number of carbonyl (C=O) groups is 3. The molecule has 0 aliphatic carbocycles. The van der Waals surface area contributed by atoms with E-state index in [0.29, 0.717) is 26.1 Å². The van der Waals surface area contributed by atoms with Crippen LogP contribution in [0.1, 0.15) is 20.3 Å². The number of nitrogens with zero attached hydrogens (tertiary/aromatic N) is 2. The second-order valence-corrected chi connectivity index (χ2v) is 8.08. The maximum atomic E-state index is 12.6. The normalized spacial score (nSPS) is 32.1. The molecule has 0 bridgehead atoms. The fourth-order valence-electron chi connectivity index (χ4n) is 4.42. The highest BCUT2D eigenvalue weighted by molar-refractivity contribution is 7.32. The summed E-state index contributed by atoms with van der Waals surface area (Å²) in [5.41, 5.74) is 6.42. The summed E-state index contributed by atoms with van der Waals surface area (Å²) in [5, 5.41) is 9.97. The Bertz CT molecular complexity index is 688. The van der Waals surface area contributed by atoms with E-state index in [1.54, 1.807) is 6.92 Å². The van der Waals surface area contributed by atoms with Crippen LogP contribution in [0.2, 0.25) is 0 Å². The number of carbonyl (C=O) groups excluding carboxylic acids is 3. The van der Waals surface area contributed by atoms with Crippen molar-refractivity contribution in [1.82, 2.24) is 14.8 Å². The standard InChI is InChI=1S/C16H24BN4O5P/c1-7-10(6-20-4-3-9(5-20)14(18)23)13(16(25)26-27-19-17)21-12(7)11(8(2)22)15(21)24/h7-9,11-12,19,22,27H,3-6H2,1-2H3,(H2,18,23)/t7-,8+,9-,11?,12+/m0/s1. The van der Waals surface area contributed by atoms with Crippen molar-refractivity contribution in [2.45, 2.75) is 32.4 Å². The molecule has 0 saturated carbocycles. The molecule has 2 unspecified atom stereocenters. The highest BCUT2D eigenvalue weighted by Gasteiger charge is 2.60. The van der Waals surface area contributed by atoms with E-state index < -0.39 is 26.9 Å². The summed E-state index contributed by atoms with van der Waals surface area (Å²) in [6.07, 6.45) is -0.117. The minimum Gasteiger partial charge on any atom is -0.428 e. The summed E-state index contributed by atoms with van der Waals surface area (Å²) in [6, 6.07) is -0.265. The van der Waals surface area contributed by atoms with Gasteiger partial charge >= 0.3 is 5.97 Å². The van der Waals surface area contributed by atoms with Crippen LogP contribution in [0, 0.1) is 17.8 Å². The van der Waals surface area contributed by atoms with Crippen molar-refractivity contribution >= 4 is 34.7 Å². The van der Waals surface area contributed by atoms with Crippen molar-refractivity contribution in [3.8, 4) is 0 Å². The Morgan fingerprint density at radius 1 is 1.52 bits per heavy atom. The van der Waals surface area contributed by atoms with Crippen LogP contribution in [0.15, 0.2) is 11.3 Å². The molecule has 2 saturated heterocycles. The van der Waals surface area contributed by atoms with Gasteiger partial charge in [-0.2, -0.15) is 0 Å². The molecular formula is C16H24BN4O5P. The lowest BCUT2D eigenvalue weighted by Crippen LogP contribution is -2.63. The molecule has 9 nitrogen and oxygen atoms in total. The number of primary amides is 1. The fraction of sp³-hybridized carbons (Fsp3) is 0.688. The minimum absolute atomic E-state index is 0.105. The van der Waals surface area contributed by atoms with Crippen molar-refractivity contribution in [3.63, 3.8) is 0 Å². The van der Waals surface area contributed by atoms with Gasteiger partial charge in [0.05, 0.1) is 24.0 Å². The molecule has 27 heavy (non-hydrogen) atoms. The summed E-state index contributed by atoms with van der Waals surface area (Å²) < 4.78 is 5.12. The van der Waals surface area contributed by atoms with E-state index in [1.807, 2.05) is 6.92 Å². The highest BCUT2D eigenvalue weighted by atomic mass is 31.1. The Kier molecular flexibility index (Phi) is 5.91. The molecule has 0 aromatic rings. The zero-order chi connectivity index (χ0) is 19.9. The Labute approximate surface area is 161 Å². The number of β-lactam (4-membered cyclic amide) rings is 1. The van der Waals surface area contributed by atoms with Crippen LogP contribution < -0.4 is 10.7 Å². The Morgan fingerprint density at radius 2 is 2.22 bits per heavy atom. The van der Waals surface area contributed by atoms with E-state index in [1.165, 1.54) is 4.90 Å². The molecule has 0 aromatic carbocycles. The van der Waals surface area contributed by atoms with E-state index in [0.717, 1.165) is 5.57 Å². The van der Waals surface area contributed by atoms with Crippen LogP contribution in [0.3, 0.4) is 0 Å². The molecule has 146 valence electrons. The van der Waals surface area contributed by atoms with Gasteiger partial charge in [0.2, 0.25) is 11.8 Å². The van der Waals surface area contributed by atoms with Gasteiger partial charge in [0.25, 0.3) is 0 Å². The summed E-state index contributed by atoms with van der Waals surface area (Å²) in [7, 11) is 4.76. The molecule has 11 heteroatoms. The number of amides is 2. The van der Waals surface area contributed by atoms with Crippen LogP contribution in [0.25, 0.3) is 0 Å². The largest absolute Gasteiger partial charge is 0.428 e. The number of aliphatic hydroxyl groups is 1. The molecule has 6 atom stereocenters. The first-order valence-corrected chi connectivity index (χ1v) is 9.86. The number of aliphatic hydroxyl groups excluding tert-OH is 1. The van der Waals surface area contributed by atoms with Crippen LogP contribution in [-0.2, 0) is 18.9 Å². The maximum Gasteiger partial charge on any atom is 0.358 e. The minimum atomic E-state index is -0.795. The van der Waals surface area contributed by atoms with Crippen LogP contribution in [-0.4, -0.2) is 72.5 Å². The topological polar surface area (TPSA) is 125 Å². The zero-order valence-electron chi connectivity index (χ0n) is 15.3. The summed E-state index contributed by atoms with van der Waals surface area (Å²) in [6.45, 7) is 5.19. The van der Waals surface area contributed by atoms with Crippen molar-refractivity contribution in [2.24, 2.45) is 23.5 Å². The van der Waals surface area contributed by atoms with E-state index in [4.69, 9.17) is 18.2 Å². The first-order valence-electron chi connectivity index (χ1n) is 8.95. The molecule has 2 amide bonds. The molecule has 0 aromatic heterocycles. The summed E-state index contributed by atoms with van der Waals surface area (Å²) in [4.78, 5) is 42.4. The smallest absolute Gasteiger partial charge is 0.358 e. The molecule has 2 radical (unpaired) electrons. The highest BCUT2D eigenvalue weighted by Crippen LogP contribution is 2.48. The SMILES string of the molecule is [B]NPOC(=O)C1=C(CN2CC[C@H](C(N)=O)C2)[C@H](C)[C@@H]2C([C@@H](C)O)C(=O)N12. The van der Waals surface area contributed by atoms with E-state index in [-0.39, 0.29) is 35.4 Å². The molecule has 3 rings (SSSR count). The van der Waals surface area contributed by atoms with Gasteiger partial charge in [0.15, 0.2) is 7.98 Å². The molecule has 3 heterocycles. The number of hydrogen-bond acceptors (Lipinski definition) is 7. The average molecular weight is 394 g/mol. The second-order valence-electron chi connectivity index (χ2n) is 7.39. The molecule has 4 N–H and O–H groups in total. The van der Waals surface area contributed by atoms with Gasteiger partial charge in [-0.1, -0.05) is 6.92 Å². The van der Waals surface area contributed by atoms with Crippen LogP contribution in [0.4, 0.5) is 0 Å². The van der Waals surface area contributed by atoms with E-state index in [9.17, 15) is 19.5 Å². The lowest BCUT2D eigenvalue weighted by atomic mass is 9.77. The van der Waals surface area contributed by atoms with Gasteiger partial charge in [0.1, 0.15) is 14.7 Å². The molecule has 3 aliphatic rings. The van der Waals surface area contributed by atoms with Gasteiger partial charge in [0, 0.05) is 19.0 Å². The Hall–Kier alpha value is -1.48. The maximum absolute atomic E-state index is 12.6. The predicted molar refractivity (Wildman–Crippen MR) is 99.0 cm³/mol. The zero-order valence-corrected chi connectivity index (χ0v) is 16.3. The van der Waals surface area contributed by atoms with E-state index >= 15 is 0 Å². The Balaban J connectivity index is 1.85. The van der Waals surface area contributed by atoms with Gasteiger partial charge < -0.3 is 25.3 Å². The van der Waals surface area contributed by atoms with Crippen molar-refractivity contribution in [3.05, 3.63) is 11.3 Å². The van der Waals surface area contributed by atoms with Crippen molar-refractivity contribution < 1.29 is 24.0 Å². The van der Waals surface area contributed by atoms with Crippen molar-refractivity contribution in [1.29, 1.82) is 0 Å². The lowest BCUT2D eigenvalue weighted by Gasteiger charge is -2.46. The molecule has 2 fully saturated rings. The predicted octanol–water partition coefficient (Wildman–Crippen LogP) is -1.37. The number of nitrogens with two attached hydrogens (primary N) is 1. The third-order valence-corrected chi connectivity index (χ3v) is 6.19. The third-order valence-electron chi connectivity index (χ3n) is 5.78. The third kappa shape index (κ3) is 3.51. The average Bonchev–Trinajstić information content (AvgIpc) is 3.16. The van der Waals surface area contributed by atoms with Gasteiger partial charge in [-0.3, -0.25) is 14.5 Å². The number of nitrogens with one attached hydrogen (secondary N) is 1.